The summed E-state index contributed by atoms with van der Waals surface area (Å²) in [5, 5.41) is 4.39. The number of aromatic nitrogens is 2. The van der Waals surface area contributed by atoms with Gasteiger partial charge < -0.3 is 21.2 Å². The SMILES string of the molecule is O=C1NCC=C(NNc2ccnc3cc(Cl)ccc23)c2c1[nH]c(Br)c2Br. The lowest BCUT2D eigenvalue weighted by Crippen LogP contribution is -2.22. The zero-order chi connectivity index (χ0) is 18.3. The van der Waals surface area contributed by atoms with Crippen molar-refractivity contribution in [2.75, 3.05) is 12.0 Å². The Bertz CT molecular complexity index is 1060. The highest BCUT2D eigenvalue weighted by molar-refractivity contribution is 9.13. The molecule has 0 fully saturated rings. The minimum Gasteiger partial charge on any atom is -0.347 e. The van der Waals surface area contributed by atoms with Crippen LogP contribution in [-0.2, 0) is 0 Å². The van der Waals surface area contributed by atoms with Gasteiger partial charge in [-0.1, -0.05) is 11.6 Å². The van der Waals surface area contributed by atoms with Crippen LogP contribution in [0, 0.1) is 0 Å². The summed E-state index contributed by atoms with van der Waals surface area (Å²) in [6.07, 6.45) is 3.62. The van der Waals surface area contributed by atoms with Gasteiger partial charge in [0.1, 0.15) is 5.69 Å². The first kappa shape index (κ1) is 17.4. The Hall–Kier alpha value is -2.03. The average Bonchev–Trinajstić information content (AvgIpc) is 2.83. The zero-order valence-corrected chi connectivity index (χ0v) is 17.1. The van der Waals surface area contributed by atoms with Crippen molar-refractivity contribution in [3.05, 3.63) is 61.9 Å². The van der Waals surface area contributed by atoms with Crippen LogP contribution in [-0.4, -0.2) is 22.4 Å². The van der Waals surface area contributed by atoms with Gasteiger partial charge in [-0.25, -0.2) is 0 Å². The van der Waals surface area contributed by atoms with E-state index in [1.807, 2.05) is 30.3 Å². The molecule has 1 aliphatic rings. The minimum atomic E-state index is -0.163. The highest BCUT2D eigenvalue weighted by atomic mass is 79.9. The molecule has 0 saturated carbocycles. The van der Waals surface area contributed by atoms with E-state index in [4.69, 9.17) is 11.6 Å². The Kier molecular flexibility index (Phi) is 4.64. The summed E-state index contributed by atoms with van der Waals surface area (Å²) in [6, 6.07) is 7.41. The topological polar surface area (TPSA) is 81.8 Å². The molecule has 0 radical (unpaired) electrons. The van der Waals surface area contributed by atoms with Gasteiger partial charge in [0.15, 0.2) is 0 Å². The molecule has 1 amide bonds. The van der Waals surface area contributed by atoms with Gasteiger partial charge in [0.2, 0.25) is 0 Å². The Morgan fingerprint density at radius 3 is 2.88 bits per heavy atom. The number of aromatic amines is 1. The van der Waals surface area contributed by atoms with Crippen molar-refractivity contribution in [2.45, 2.75) is 0 Å². The van der Waals surface area contributed by atoms with Crippen molar-refractivity contribution in [1.82, 2.24) is 20.7 Å². The van der Waals surface area contributed by atoms with E-state index >= 15 is 0 Å². The number of carbonyl (C=O) groups excluding carboxylic acids is 1. The van der Waals surface area contributed by atoms with Gasteiger partial charge >= 0.3 is 0 Å². The number of hydrogen-bond donors (Lipinski definition) is 4. The summed E-state index contributed by atoms with van der Waals surface area (Å²) >= 11 is 13.0. The molecule has 6 nitrogen and oxygen atoms in total. The fourth-order valence-electron chi connectivity index (χ4n) is 2.78. The molecule has 0 spiro atoms. The number of fused-ring (bicyclic) bond motifs is 2. The Morgan fingerprint density at radius 1 is 1.19 bits per heavy atom. The van der Waals surface area contributed by atoms with Crippen molar-refractivity contribution in [3.8, 4) is 0 Å². The summed E-state index contributed by atoms with van der Waals surface area (Å²) in [6.45, 7) is 0.419. The normalized spacial score (nSPS) is 13.7. The number of halogens is 3. The average molecular weight is 498 g/mol. The van der Waals surface area contributed by atoms with Crippen LogP contribution in [0.25, 0.3) is 16.6 Å². The number of nitrogens with one attached hydrogen (secondary N) is 4. The predicted octanol–water partition coefficient (Wildman–Crippen LogP) is 4.44. The standard InChI is InChI=1S/C17H12Br2ClN5O/c18-14-13-11(4-6-22-17(26)15(13)23-16(14)19)25-24-10-3-5-21-12-7-8(20)1-2-9(10)12/h1-5,7,23,25H,6H2,(H,21,24)(H,22,26). The Labute approximate surface area is 170 Å². The van der Waals surface area contributed by atoms with Crippen LogP contribution in [0.4, 0.5) is 5.69 Å². The first-order valence-corrected chi connectivity index (χ1v) is 9.63. The molecule has 9 heteroatoms. The van der Waals surface area contributed by atoms with Crippen LogP contribution in [0.5, 0.6) is 0 Å². The van der Waals surface area contributed by atoms with Crippen molar-refractivity contribution < 1.29 is 4.79 Å². The summed E-state index contributed by atoms with van der Waals surface area (Å²) in [5.74, 6) is -0.163. The maximum Gasteiger partial charge on any atom is 0.268 e. The first-order chi connectivity index (χ1) is 12.5. The molecule has 2 aromatic heterocycles. The van der Waals surface area contributed by atoms with Gasteiger partial charge in [-0.15, -0.1) is 0 Å². The van der Waals surface area contributed by atoms with Crippen molar-refractivity contribution in [2.24, 2.45) is 0 Å². The lowest BCUT2D eigenvalue weighted by molar-refractivity contribution is 0.0954. The number of carbonyl (C=O) groups is 1. The lowest BCUT2D eigenvalue weighted by atomic mass is 10.1. The summed E-state index contributed by atoms with van der Waals surface area (Å²) in [7, 11) is 0. The smallest absolute Gasteiger partial charge is 0.268 e. The quantitative estimate of drug-likeness (QED) is 0.403. The summed E-state index contributed by atoms with van der Waals surface area (Å²) in [4.78, 5) is 19.6. The number of anilines is 1. The highest BCUT2D eigenvalue weighted by Crippen LogP contribution is 2.34. The Balaban J connectivity index is 1.68. The molecule has 0 aliphatic carbocycles. The second kappa shape index (κ2) is 6.94. The van der Waals surface area contributed by atoms with E-state index < -0.39 is 0 Å². The van der Waals surface area contributed by atoms with Gasteiger partial charge in [0.25, 0.3) is 5.91 Å². The van der Waals surface area contributed by atoms with Crippen LogP contribution in [0.3, 0.4) is 0 Å². The van der Waals surface area contributed by atoms with Crippen LogP contribution in [0.1, 0.15) is 16.1 Å². The van der Waals surface area contributed by atoms with E-state index in [-0.39, 0.29) is 5.91 Å². The van der Waals surface area contributed by atoms with Crippen LogP contribution in [0.15, 0.2) is 45.6 Å². The molecule has 0 unspecified atom stereocenters. The summed E-state index contributed by atoms with van der Waals surface area (Å²) < 4.78 is 1.48. The maximum atomic E-state index is 12.2. The van der Waals surface area contributed by atoms with Crippen LogP contribution < -0.4 is 16.2 Å². The van der Waals surface area contributed by atoms with E-state index in [9.17, 15) is 4.79 Å². The van der Waals surface area contributed by atoms with Gasteiger partial charge in [-0.05, 0) is 62.2 Å². The molecular formula is C17H12Br2ClN5O. The molecule has 26 heavy (non-hydrogen) atoms. The number of hydrogen-bond acceptors (Lipinski definition) is 4. The molecule has 3 aromatic rings. The second-order valence-electron chi connectivity index (χ2n) is 5.60. The fraction of sp³-hybridized carbons (Fsp3) is 0.0588. The third kappa shape index (κ3) is 3.08. The Morgan fingerprint density at radius 2 is 2.04 bits per heavy atom. The first-order valence-electron chi connectivity index (χ1n) is 7.66. The van der Waals surface area contributed by atoms with E-state index in [0.29, 0.717) is 21.9 Å². The number of nitrogens with zero attached hydrogens (tertiary/aromatic N) is 1. The highest BCUT2D eigenvalue weighted by Gasteiger charge is 2.24. The van der Waals surface area contributed by atoms with E-state index in [0.717, 1.165) is 32.3 Å². The van der Waals surface area contributed by atoms with Crippen LogP contribution >= 0.6 is 43.5 Å². The molecular weight excluding hydrogens is 485 g/mol. The van der Waals surface area contributed by atoms with Gasteiger partial charge in [0.05, 0.1) is 26.0 Å². The third-order valence-corrected chi connectivity index (χ3v) is 6.15. The molecule has 132 valence electrons. The molecule has 4 rings (SSSR count). The van der Waals surface area contributed by atoms with E-state index in [1.54, 1.807) is 6.20 Å². The van der Waals surface area contributed by atoms with Crippen molar-refractivity contribution in [3.63, 3.8) is 0 Å². The van der Waals surface area contributed by atoms with Gasteiger partial charge in [0, 0.05) is 28.7 Å². The second-order valence-corrected chi connectivity index (χ2v) is 7.62. The molecule has 0 bridgehead atoms. The number of pyridine rings is 1. The monoisotopic (exact) mass is 495 g/mol. The van der Waals surface area contributed by atoms with Crippen molar-refractivity contribution >= 4 is 71.7 Å². The molecule has 4 N–H and O–H groups in total. The summed E-state index contributed by atoms with van der Waals surface area (Å²) in [5.41, 5.74) is 10.1. The number of H-pyrrole nitrogens is 1. The maximum absolute atomic E-state index is 12.2. The van der Waals surface area contributed by atoms with Gasteiger partial charge in [-0.2, -0.15) is 0 Å². The molecule has 1 aliphatic heterocycles. The number of hydrazine groups is 1. The molecule has 3 heterocycles. The van der Waals surface area contributed by atoms with E-state index in [1.165, 1.54) is 0 Å². The predicted molar refractivity (Wildman–Crippen MR) is 110 cm³/mol. The number of amides is 1. The molecule has 0 atom stereocenters. The fourth-order valence-corrected chi connectivity index (χ4v) is 3.86. The van der Waals surface area contributed by atoms with Crippen LogP contribution in [0.2, 0.25) is 5.02 Å². The van der Waals surface area contributed by atoms with E-state index in [2.05, 4.69) is 58.0 Å². The lowest BCUT2D eigenvalue weighted by Gasteiger charge is -2.15. The molecule has 1 aromatic carbocycles. The largest absolute Gasteiger partial charge is 0.347 e. The number of benzene rings is 1. The van der Waals surface area contributed by atoms with Gasteiger partial charge in [-0.3, -0.25) is 9.78 Å². The molecule has 0 saturated heterocycles. The third-order valence-electron chi connectivity index (χ3n) is 4.00. The zero-order valence-electron chi connectivity index (χ0n) is 13.2. The number of rotatable bonds is 3. The van der Waals surface area contributed by atoms with Crippen molar-refractivity contribution in [1.29, 1.82) is 0 Å². The minimum absolute atomic E-state index is 0.163.